The van der Waals surface area contributed by atoms with E-state index < -0.39 is 9.71 Å². The molecule has 0 saturated carbocycles. The first kappa shape index (κ1) is 18.0. The predicted octanol–water partition coefficient (Wildman–Crippen LogP) is 5.04. The maximum atomic E-state index is 11.9. The second-order valence-electron chi connectivity index (χ2n) is 7.97. The molecule has 0 aliphatic heterocycles. The van der Waals surface area contributed by atoms with Crippen LogP contribution in [0.4, 0.5) is 0 Å². The standard InChI is InChI=1S/C22H27NOS/c1-16-6-5-7-17(9-8-16)20-14-22(2,3)15-21(20)18-10-12-19(13-11-18)25(4,23)24/h5,7-13H,4,6,14-15H2,1-3H3,(H2,23,24). The normalized spacial score (nSPS) is 22.2. The Morgan fingerprint density at radius 3 is 2.36 bits per heavy atom. The van der Waals surface area contributed by atoms with Crippen LogP contribution in [-0.4, -0.2) is 10.1 Å². The Bertz CT molecular complexity index is 907. The monoisotopic (exact) mass is 353 g/mol. The summed E-state index contributed by atoms with van der Waals surface area (Å²) >= 11 is 0. The van der Waals surface area contributed by atoms with Gasteiger partial charge in [0.25, 0.3) is 0 Å². The summed E-state index contributed by atoms with van der Waals surface area (Å²) in [6.45, 7) is 6.80. The maximum absolute atomic E-state index is 11.9. The lowest BCUT2D eigenvalue weighted by molar-refractivity contribution is 0.398. The quantitative estimate of drug-likeness (QED) is 0.760. The third-order valence-corrected chi connectivity index (χ3v) is 5.98. The highest BCUT2D eigenvalue weighted by atomic mass is 32.2. The molecule has 2 aliphatic carbocycles. The van der Waals surface area contributed by atoms with Gasteiger partial charge in [0.2, 0.25) is 0 Å². The van der Waals surface area contributed by atoms with Gasteiger partial charge in [0, 0.05) is 4.90 Å². The molecule has 0 fully saturated rings. The van der Waals surface area contributed by atoms with Crippen LogP contribution in [0.3, 0.4) is 0 Å². The highest BCUT2D eigenvalue weighted by Gasteiger charge is 2.32. The Morgan fingerprint density at radius 1 is 1.08 bits per heavy atom. The molecule has 1 aromatic rings. The first-order chi connectivity index (χ1) is 11.7. The Morgan fingerprint density at radius 2 is 1.72 bits per heavy atom. The fraction of sp³-hybridized carbons (Fsp3) is 0.318. The van der Waals surface area contributed by atoms with Crippen molar-refractivity contribution in [1.82, 2.24) is 0 Å². The lowest BCUT2D eigenvalue weighted by atomic mass is 9.87. The Labute approximate surface area is 152 Å². The average Bonchev–Trinajstić information content (AvgIpc) is 2.70. The fourth-order valence-electron chi connectivity index (χ4n) is 3.60. The molecular formula is C22H27NOS. The Balaban J connectivity index is 2.07. The van der Waals surface area contributed by atoms with Crippen molar-refractivity contribution in [3.63, 3.8) is 0 Å². The molecule has 3 heteroatoms. The van der Waals surface area contributed by atoms with Gasteiger partial charge in [-0.2, -0.15) is 0 Å². The Hall–Kier alpha value is -1.84. The summed E-state index contributed by atoms with van der Waals surface area (Å²) in [6, 6.07) is 7.77. The zero-order valence-corrected chi connectivity index (χ0v) is 16.2. The molecule has 2 aliphatic rings. The summed E-state index contributed by atoms with van der Waals surface area (Å²) in [4.78, 5) is 0.600. The van der Waals surface area contributed by atoms with E-state index in [-0.39, 0.29) is 5.41 Å². The molecule has 0 bridgehead atoms. The van der Waals surface area contributed by atoms with E-state index in [2.05, 4.69) is 50.9 Å². The van der Waals surface area contributed by atoms with Gasteiger partial charge >= 0.3 is 0 Å². The fourth-order valence-corrected chi connectivity index (χ4v) is 4.20. The van der Waals surface area contributed by atoms with Gasteiger partial charge in [0.15, 0.2) is 0 Å². The summed E-state index contributed by atoms with van der Waals surface area (Å²) in [5, 5.41) is 5.66. The number of benzene rings is 1. The van der Waals surface area contributed by atoms with Gasteiger partial charge in [-0.15, -0.1) is 0 Å². The molecule has 2 nitrogen and oxygen atoms in total. The number of hydrogen-bond donors (Lipinski definition) is 1. The predicted molar refractivity (Wildman–Crippen MR) is 110 cm³/mol. The summed E-state index contributed by atoms with van der Waals surface area (Å²) in [7, 11) is -2.66. The zero-order chi connectivity index (χ0) is 18.2. The molecule has 3 rings (SSSR count). The third kappa shape index (κ3) is 4.05. The van der Waals surface area contributed by atoms with E-state index in [4.69, 9.17) is 5.14 Å². The van der Waals surface area contributed by atoms with E-state index in [0.717, 1.165) is 19.3 Å². The average molecular weight is 354 g/mol. The van der Waals surface area contributed by atoms with Crippen molar-refractivity contribution in [2.24, 2.45) is 10.6 Å². The third-order valence-electron chi connectivity index (χ3n) is 4.91. The van der Waals surface area contributed by atoms with E-state index in [1.807, 2.05) is 24.3 Å². The van der Waals surface area contributed by atoms with Crippen LogP contribution in [0.25, 0.3) is 5.57 Å². The molecule has 1 aromatic carbocycles. The second-order valence-corrected chi connectivity index (χ2v) is 9.89. The van der Waals surface area contributed by atoms with Crippen molar-refractivity contribution in [3.05, 3.63) is 70.9 Å². The van der Waals surface area contributed by atoms with Crippen LogP contribution in [0.5, 0.6) is 0 Å². The van der Waals surface area contributed by atoms with E-state index in [1.165, 1.54) is 27.9 Å². The van der Waals surface area contributed by atoms with Gasteiger partial charge in [-0.05, 0) is 71.9 Å². The van der Waals surface area contributed by atoms with Crippen LogP contribution in [-0.2, 0) is 9.71 Å². The molecule has 0 radical (unpaired) electrons. The molecule has 1 atom stereocenters. The Kier molecular flexibility index (Phi) is 4.65. The van der Waals surface area contributed by atoms with Crippen LogP contribution in [0, 0.1) is 5.41 Å². The number of hydrogen-bond acceptors (Lipinski definition) is 1. The molecular weight excluding hydrogens is 326 g/mol. The maximum Gasteiger partial charge on any atom is 0.0507 e. The molecule has 132 valence electrons. The van der Waals surface area contributed by atoms with E-state index in [0.29, 0.717) is 4.90 Å². The van der Waals surface area contributed by atoms with E-state index >= 15 is 0 Å². The second kappa shape index (κ2) is 6.47. The highest BCUT2D eigenvalue weighted by Crippen LogP contribution is 2.48. The smallest absolute Gasteiger partial charge is 0.0507 e. The molecule has 2 N–H and O–H groups in total. The van der Waals surface area contributed by atoms with E-state index in [1.54, 1.807) is 0 Å². The molecule has 0 heterocycles. The lowest BCUT2D eigenvalue weighted by Crippen LogP contribution is -2.11. The van der Waals surface area contributed by atoms with Gasteiger partial charge in [-0.3, -0.25) is 5.14 Å². The number of nitrogens with two attached hydrogens (primary N) is 1. The largest absolute Gasteiger partial charge is 0.256 e. The SMILES string of the molecule is C=S(N)(=O)c1ccc(C2=C(C3=CC=C(C)CC=C3)CC(C)(C)C2)cc1. The van der Waals surface area contributed by atoms with Gasteiger partial charge < -0.3 is 0 Å². The van der Waals surface area contributed by atoms with Crippen LogP contribution in [0.15, 0.2) is 70.2 Å². The minimum atomic E-state index is -2.66. The number of allylic oxidation sites excluding steroid dienone is 8. The van der Waals surface area contributed by atoms with Crippen molar-refractivity contribution in [3.8, 4) is 0 Å². The first-order valence-electron chi connectivity index (χ1n) is 8.68. The zero-order valence-electron chi connectivity index (χ0n) is 15.3. The van der Waals surface area contributed by atoms with Gasteiger partial charge in [0.05, 0.1) is 9.71 Å². The minimum Gasteiger partial charge on any atom is -0.256 e. The molecule has 25 heavy (non-hydrogen) atoms. The van der Waals surface area contributed by atoms with Gasteiger partial charge in [-0.1, -0.05) is 55.9 Å². The van der Waals surface area contributed by atoms with Crippen molar-refractivity contribution in [2.75, 3.05) is 0 Å². The minimum absolute atomic E-state index is 0.247. The van der Waals surface area contributed by atoms with Crippen LogP contribution in [0.1, 0.15) is 45.6 Å². The number of rotatable bonds is 3. The molecule has 0 amide bonds. The summed E-state index contributed by atoms with van der Waals surface area (Å²) < 4.78 is 11.9. The van der Waals surface area contributed by atoms with Crippen LogP contribution >= 0.6 is 0 Å². The summed E-state index contributed by atoms with van der Waals surface area (Å²) in [6.07, 6.45) is 12.1. The lowest BCUT2D eigenvalue weighted by Gasteiger charge is -2.17. The van der Waals surface area contributed by atoms with Crippen molar-refractivity contribution >= 4 is 21.2 Å². The van der Waals surface area contributed by atoms with Crippen molar-refractivity contribution in [2.45, 2.75) is 44.9 Å². The summed E-state index contributed by atoms with van der Waals surface area (Å²) in [5.74, 6) is 3.57. The molecule has 0 saturated heterocycles. The summed E-state index contributed by atoms with van der Waals surface area (Å²) in [5.41, 5.74) is 6.92. The highest BCUT2D eigenvalue weighted by molar-refractivity contribution is 7.98. The van der Waals surface area contributed by atoms with Gasteiger partial charge in [0.1, 0.15) is 0 Å². The topological polar surface area (TPSA) is 43.1 Å². The van der Waals surface area contributed by atoms with Crippen LogP contribution in [0.2, 0.25) is 0 Å². The van der Waals surface area contributed by atoms with Crippen molar-refractivity contribution < 1.29 is 4.21 Å². The molecule has 1 unspecified atom stereocenters. The van der Waals surface area contributed by atoms with Crippen molar-refractivity contribution in [1.29, 1.82) is 0 Å². The van der Waals surface area contributed by atoms with Gasteiger partial charge in [-0.25, -0.2) is 4.21 Å². The first-order valence-corrected chi connectivity index (χ1v) is 10.5. The van der Waals surface area contributed by atoms with Crippen LogP contribution < -0.4 is 5.14 Å². The molecule has 0 aromatic heterocycles. The molecule has 0 spiro atoms. The van der Waals surface area contributed by atoms with E-state index in [9.17, 15) is 4.21 Å².